The molecular formula is C10H9F3O. The average molecular weight is 202 g/mol. The molecule has 14 heavy (non-hydrogen) atoms. The van der Waals surface area contributed by atoms with E-state index in [0.29, 0.717) is 0 Å². The molecule has 1 aromatic rings. The van der Waals surface area contributed by atoms with Crippen molar-refractivity contribution in [3.05, 3.63) is 42.0 Å². The molecule has 0 atom stereocenters. The van der Waals surface area contributed by atoms with Gasteiger partial charge in [0, 0.05) is 0 Å². The lowest BCUT2D eigenvalue weighted by molar-refractivity contribution is -0.319. The lowest BCUT2D eigenvalue weighted by Crippen LogP contribution is -2.12. The van der Waals surface area contributed by atoms with Gasteiger partial charge in [0.15, 0.2) is 0 Å². The summed E-state index contributed by atoms with van der Waals surface area (Å²) in [6.07, 6.45) is -1.66. The van der Waals surface area contributed by atoms with Gasteiger partial charge >= 0.3 is 6.36 Å². The second-order valence-electron chi connectivity index (χ2n) is 2.57. The molecule has 0 spiro atoms. The predicted octanol–water partition coefficient (Wildman–Crippen LogP) is 3.24. The van der Waals surface area contributed by atoms with Crippen LogP contribution in [0, 0.1) is 0 Å². The zero-order valence-electron chi connectivity index (χ0n) is 7.29. The Hall–Kier alpha value is -1.29. The number of halogens is 3. The van der Waals surface area contributed by atoms with Crippen molar-refractivity contribution in [3.8, 4) is 0 Å². The first-order valence-electron chi connectivity index (χ1n) is 4.00. The molecule has 0 fully saturated rings. The maximum absolute atomic E-state index is 11.5. The second-order valence-corrected chi connectivity index (χ2v) is 2.57. The minimum Gasteiger partial charge on any atom is -0.288 e. The van der Waals surface area contributed by atoms with Gasteiger partial charge in [0.05, 0.1) is 6.61 Å². The van der Waals surface area contributed by atoms with E-state index in [0.717, 1.165) is 5.56 Å². The molecule has 0 unspecified atom stereocenters. The Kier molecular flexibility index (Phi) is 3.71. The lowest BCUT2D eigenvalue weighted by Gasteiger charge is -2.03. The summed E-state index contributed by atoms with van der Waals surface area (Å²) in [7, 11) is 0. The molecular weight excluding hydrogens is 193 g/mol. The molecule has 1 nitrogen and oxygen atoms in total. The molecule has 4 heteroatoms. The van der Waals surface area contributed by atoms with E-state index in [9.17, 15) is 13.2 Å². The smallest absolute Gasteiger partial charge is 0.288 e. The molecule has 1 rings (SSSR count). The molecule has 1 aromatic carbocycles. The van der Waals surface area contributed by atoms with Crippen molar-refractivity contribution >= 4 is 6.08 Å². The second kappa shape index (κ2) is 4.81. The number of rotatable bonds is 3. The van der Waals surface area contributed by atoms with E-state index in [2.05, 4.69) is 4.74 Å². The molecule has 0 amide bonds. The van der Waals surface area contributed by atoms with E-state index in [1.807, 2.05) is 18.2 Å². The summed E-state index contributed by atoms with van der Waals surface area (Å²) >= 11 is 0. The normalized spacial score (nSPS) is 12.2. The van der Waals surface area contributed by atoms with E-state index < -0.39 is 13.0 Å². The molecule has 0 saturated carbocycles. The molecule has 0 saturated heterocycles. The average Bonchev–Trinajstić information content (AvgIpc) is 2.13. The molecule has 0 aliphatic heterocycles. The highest BCUT2D eigenvalue weighted by Gasteiger charge is 2.27. The van der Waals surface area contributed by atoms with Crippen LogP contribution in [0.2, 0.25) is 0 Å². The maximum Gasteiger partial charge on any atom is 0.522 e. The summed E-state index contributed by atoms with van der Waals surface area (Å²) in [6, 6.07) is 9.05. The van der Waals surface area contributed by atoms with Gasteiger partial charge in [-0.2, -0.15) is 0 Å². The number of ether oxygens (including phenoxy) is 1. The highest BCUT2D eigenvalue weighted by atomic mass is 19.4. The zero-order chi connectivity index (χ0) is 10.4. The van der Waals surface area contributed by atoms with Crippen LogP contribution in [-0.4, -0.2) is 13.0 Å². The summed E-state index contributed by atoms with van der Waals surface area (Å²) in [5, 5.41) is 0. The monoisotopic (exact) mass is 202 g/mol. The topological polar surface area (TPSA) is 9.23 Å². The van der Waals surface area contributed by atoms with Gasteiger partial charge in [0.25, 0.3) is 0 Å². The minimum atomic E-state index is -4.55. The first kappa shape index (κ1) is 10.8. The zero-order valence-corrected chi connectivity index (χ0v) is 7.29. The van der Waals surface area contributed by atoms with Crippen LogP contribution in [0.3, 0.4) is 0 Å². The highest BCUT2D eigenvalue weighted by molar-refractivity contribution is 5.48. The van der Waals surface area contributed by atoms with Crippen molar-refractivity contribution < 1.29 is 17.9 Å². The number of benzene rings is 1. The van der Waals surface area contributed by atoms with Gasteiger partial charge in [0.2, 0.25) is 0 Å². The van der Waals surface area contributed by atoms with Crippen molar-refractivity contribution in [2.45, 2.75) is 6.36 Å². The van der Waals surface area contributed by atoms with E-state index in [1.54, 1.807) is 18.2 Å². The third-order valence-electron chi connectivity index (χ3n) is 1.45. The summed E-state index contributed by atoms with van der Waals surface area (Å²) in [5.41, 5.74) is 0.846. The van der Waals surface area contributed by atoms with Gasteiger partial charge in [0.1, 0.15) is 0 Å². The number of alkyl halides is 3. The van der Waals surface area contributed by atoms with Gasteiger partial charge in [-0.15, -0.1) is 13.2 Å². The van der Waals surface area contributed by atoms with Crippen LogP contribution in [-0.2, 0) is 4.74 Å². The van der Waals surface area contributed by atoms with Crippen molar-refractivity contribution in [2.75, 3.05) is 6.61 Å². The van der Waals surface area contributed by atoms with Crippen LogP contribution < -0.4 is 0 Å². The quantitative estimate of drug-likeness (QED) is 0.731. The molecule has 0 bridgehead atoms. The number of hydrogen-bond donors (Lipinski definition) is 0. The first-order valence-corrected chi connectivity index (χ1v) is 4.00. The van der Waals surface area contributed by atoms with Crippen LogP contribution in [0.25, 0.3) is 6.08 Å². The van der Waals surface area contributed by atoms with E-state index in [4.69, 9.17) is 0 Å². The molecule has 0 heterocycles. The fourth-order valence-corrected chi connectivity index (χ4v) is 0.891. The third-order valence-corrected chi connectivity index (χ3v) is 1.45. The summed E-state index contributed by atoms with van der Waals surface area (Å²) in [4.78, 5) is 0. The Morgan fingerprint density at radius 2 is 1.79 bits per heavy atom. The molecule has 0 radical (unpaired) electrons. The Morgan fingerprint density at radius 3 is 2.36 bits per heavy atom. The Morgan fingerprint density at radius 1 is 1.14 bits per heavy atom. The molecule has 0 aromatic heterocycles. The van der Waals surface area contributed by atoms with Crippen LogP contribution in [0.1, 0.15) is 5.56 Å². The molecule has 0 aliphatic rings. The Bertz CT molecular complexity index is 290. The SMILES string of the molecule is FC(F)(F)OCC=Cc1ccccc1. The van der Waals surface area contributed by atoms with Gasteiger partial charge in [-0.3, -0.25) is 4.74 Å². The summed E-state index contributed by atoms with van der Waals surface area (Å²) in [6.45, 7) is -0.460. The van der Waals surface area contributed by atoms with Gasteiger partial charge in [-0.05, 0) is 5.56 Å². The van der Waals surface area contributed by atoms with Gasteiger partial charge in [-0.25, -0.2) is 0 Å². The Labute approximate surface area is 79.8 Å². The van der Waals surface area contributed by atoms with Crippen LogP contribution in [0.4, 0.5) is 13.2 Å². The van der Waals surface area contributed by atoms with Gasteiger partial charge in [-0.1, -0.05) is 42.5 Å². The van der Waals surface area contributed by atoms with Crippen LogP contribution in [0.5, 0.6) is 0 Å². The lowest BCUT2D eigenvalue weighted by atomic mass is 10.2. The van der Waals surface area contributed by atoms with Crippen molar-refractivity contribution in [1.82, 2.24) is 0 Å². The molecule has 0 aliphatic carbocycles. The van der Waals surface area contributed by atoms with E-state index >= 15 is 0 Å². The predicted molar refractivity (Wildman–Crippen MR) is 47.5 cm³/mol. The van der Waals surface area contributed by atoms with Crippen molar-refractivity contribution in [3.63, 3.8) is 0 Å². The van der Waals surface area contributed by atoms with Crippen LogP contribution in [0.15, 0.2) is 36.4 Å². The molecule has 76 valence electrons. The first-order chi connectivity index (χ1) is 6.58. The summed E-state index contributed by atoms with van der Waals surface area (Å²) in [5.74, 6) is 0. The fourth-order valence-electron chi connectivity index (χ4n) is 0.891. The number of hydrogen-bond acceptors (Lipinski definition) is 1. The largest absolute Gasteiger partial charge is 0.522 e. The van der Waals surface area contributed by atoms with E-state index in [1.165, 1.54) is 6.08 Å². The van der Waals surface area contributed by atoms with Crippen molar-refractivity contribution in [1.29, 1.82) is 0 Å². The highest BCUT2D eigenvalue weighted by Crippen LogP contribution is 2.15. The van der Waals surface area contributed by atoms with Gasteiger partial charge < -0.3 is 0 Å². The summed E-state index contributed by atoms with van der Waals surface area (Å²) < 4.78 is 38.1. The maximum atomic E-state index is 11.5. The fraction of sp³-hybridized carbons (Fsp3) is 0.200. The van der Waals surface area contributed by atoms with Crippen LogP contribution >= 0.6 is 0 Å². The minimum absolute atomic E-state index is 0.460. The Balaban J connectivity index is 2.35. The molecule has 0 N–H and O–H groups in total. The third kappa shape index (κ3) is 4.67. The van der Waals surface area contributed by atoms with E-state index in [-0.39, 0.29) is 0 Å². The standard InChI is InChI=1S/C10H9F3O/c11-10(12,13)14-8-4-7-9-5-2-1-3-6-9/h1-7H,8H2. The van der Waals surface area contributed by atoms with Crippen molar-refractivity contribution in [2.24, 2.45) is 0 Å².